The standard InChI is InChI=1S/C16H20N2/c1-4-13-8-5-7-12(2)16(13)18(3)15-10-6-9-14(17)11-15/h5-11H,4,17H2,1-3H3. The number of aryl methyl sites for hydroxylation is 2. The predicted octanol–water partition coefficient (Wildman–Crippen LogP) is 3.91. The van der Waals surface area contributed by atoms with E-state index in [9.17, 15) is 0 Å². The monoisotopic (exact) mass is 240 g/mol. The van der Waals surface area contributed by atoms with Crippen molar-refractivity contribution in [2.45, 2.75) is 20.3 Å². The minimum Gasteiger partial charge on any atom is -0.399 e. The summed E-state index contributed by atoms with van der Waals surface area (Å²) in [6.45, 7) is 4.34. The average molecular weight is 240 g/mol. The molecule has 2 nitrogen and oxygen atoms in total. The Kier molecular flexibility index (Phi) is 3.56. The summed E-state index contributed by atoms with van der Waals surface area (Å²) in [7, 11) is 2.09. The van der Waals surface area contributed by atoms with E-state index in [0.29, 0.717) is 0 Å². The second-order valence-electron chi connectivity index (χ2n) is 4.59. The maximum Gasteiger partial charge on any atom is 0.0470 e. The third kappa shape index (κ3) is 2.33. The molecule has 0 aliphatic heterocycles. The predicted molar refractivity (Wildman–Crippen MR) is 79.5 cm³/mol. The Morgan fingerprint density at radius 1 is 1.11 bits per heavy atom. The van der Waals surface area contributed by atoms with Crippen molar-refractivity contribution in [3.63, 3.8) is 0 Å². The van der Waals surface area contributed by atoms with Crippen LogP contribution in [-0.4, -0.2) is 7.05 Å². The fourth-order valence-electron chi connectivity index (χ4n) is 2.35. The third-order valence-electron chi connectivity index (χ3n) is 3.30. The van der Waals surface area contributed by atoms with Crippen molar-refractivity contribution in [3.05, 3.63) is 53.6 Å². The fraction of sp³-hybridized carbons (Fsp3) is 0.250. The molecule has 18 heavy (non-hydrogen) atoms. The molecule has 2 heteroatoms. The molecule has 2 aromatic rings. The van der Waals surface area contributed by atoms with Crippen molar-refractivity contribution >= 4 is 17.1 Å². The number of hydrogen-bond donors (Lipinski definition) is 1. The van der Waals surface area contributed by atoms with Crippen LogP contribution < -0.4 is 10.6 Å². The molecule has 2 rings (SSSR count). The summed E-state index contributed by atoms with van der Waals surface area (Å²) >= 11 is 0. The van der Waals surface area contributed by atoms with E-state index in [4.69, 9.17) is 5.73 Å². The van der Waals surface area contributed by atoms with Gasteiger partial charge in [-0.3, -0.25) is 0 Å². The van der Waals surface area contributed by atoms with Gasteiger partial charge in [-0.15, -0.1) is 0 Å². The van der Waals surface area contributed by atoms with Crippen LogP contribution in [0.4, 0.5) is 17.1 Å². The summed E-state index contributed by atoms with van der Waals surface area (Å²) in [5.74, 6) is 0. The molecular weight excluding hydrogens is 220 g/mol. The van der Waals surface area contributed by atoms with E-state index in [1.807, 2.05) is 18.2 Å². The molecule has 0 heterocycles. The Bertz CT molecular complexity index is 547. The molecule has 0 aliphatic carbocycles. The molecule has 94 valence electrons. The van der Waals surface area contributed by atoms with Crippen LogP contribution in [0.5, 0.6) is 0 Å². The molecule has 0 aliphatic rings. The van der Waals surface area contributed by atoms with Crippen LogP contribution >= 0.6 is 0 Å². The zero-order valence-electron chi connectivity index (χ0n) is 11.3. The van der Waals surface area contributed by atoms with E-state index in [2.05, 4.69) is 50.1 Å². The number of nitrogen functional groups attached to an aromatic ring is 1. The zero-order valence-corrected chi connectivity index (χ0v) is 11.3. The number of benzene rings is 2. The SMILES string of the molecule is CCc1cccc(C)c1N(C)c1cccc(N)c1. The first kappa shape index (κ1) is 12.5. The van der Waals surface area contributed by atoms with Crippen LogP contribution in [0.3, 0.4) is 0 Å². The molecule has 0 aromatic heterocycles. The van der Waals surface area contributed by atoms with Gasteiger partial charge in [0.05, 0.1) is 0 Å². The van der Waals surface area contributed by atoms with Crippen molar-refractivity contribution in [1.82, 2.24) is 0 Å². The van der Waals surface area contributed by atoms with Gasteiger partial charge in [-0.25, -0.2) is 0 Å². The number of hydrogen-bond acceptors (Lipinski definition) is 2. The largest absolute Gasteiger partial charge is 0.399 e. The van der Waals surface area contributed by atoms with E-state index in [1.54, 1.807) is 0 Å². The molecule has 0 bridgehead atoms. The lowest BCUT2D eigenvalue weighted by Crippen LogP contribution is -2.13. The lowest BCUT2D eigenvalue weighted by atomic mass is 10.0. The number of rotatable bonds is 3. The first-order valence-electron chi connectivity index (χ1n) is 6.31. The average Bonchev–Trinajstić information content (AvgIpc) is 2.37. The molecule has 0 radical (unpaired) electrons. The molecule has 0 unspecified atom stereocenters. The fourth-order valence-corrected chi connectivity index (χ4v) is 2.35. The van der Waals surface area contributed by atoms with Crippen LogP contribution in [0.1, 0.15) is 18.1 Å². The zero-order chi connectivity index (χ0) is 13.1. The molecule has 0 spiro atoms. The third-order valence-corrected chi connectivity index (χ3v) is 3.30. The maximum absolute atomic E-state index is 5.86. The first-order valence-corrected chi connectivity index (χ1v) is 6.31. The van der Waals surface area contributed by atoms with Crippen molar-refractivity contribution in [3.8, 4) is 0 Å². The minimum absolute atomic E-state index is 0.797. The molecule has 0 saturated heterocycles. The van der Waals surface area contributed by atoms with Gasteiger partial charge in [0.15, 0.2) is 0 Å². The smallest absolute Gasteiger partial charge is 0.0470 e. The van der Waals surface area contributed by atoms with Crippen LogP contribution in [0, 0.1) is 6.92 Å². The topological polar surface area (TPSA) is 29.3 Å². The number of nitrogens with two attached hydrogens (primary N) is 1. The Hall–Kier alpha value is -1.96. The second-order valence-corrected chi connectivity index (χ2v) is 4.59. The normalized spacial score (nSPS) is 10.4. The van der Waals surface area contributed by atoms with E-state index in [0.717, 1.165) is 17.8 Å². The van der Waals surface area contributed by atoms with Gasteiger partial charge in [-0.1, -0.05) is 31.2 Å². The summed E-state index contributed by atoms with van der Waals surface area (Å²) in [6.07, 6.45) is 1.03. The van der Waals surface area contributed by atoms with Crippen LogP contribution in [0.2, 0.25) is 0 Å². The molecule has 0 amide bonds. The summed E-state index contributed by atoms with van der Waals surface area (Å²) < 4.78 is 0. The quantitative estimate of drug-likeness (QED) is 0.824. The highest BCUT2D eigenvalue weighted by molar-refractivity contribution is 5.71. The molecular formula is C16H20N2. The summed E-state index contributed by atoms with van der Waals surface area (Å²) in [5.41, 5.74) is 11.7. The molecule has 2 aromatic carbocycles. The maximum atomic E-state index is 5.86. The Labute approximate surface area is 109 Å². The van der Waals surface area contributed by atoms with E-state index in [-0.39, 0.29) is 0 Å². The van der Waals surface area contributed by atoms with Gasteiger partial charge >= 0.3 is 0 Å². The van der Waals surface area contributed by atoms with E-state index in [1.165, 1.54) is 16.8 Å². The van der Waals surface area contributed by atoms with Gasteiger partial charge in [0.25, 0.3) is 0 Å². The van der Waals surface area contributed by atoms with Crippen molar-refractivity contribution in [2.75, 3.05) is 17.7 Å². The van der Waals surface area contributed by atoms with Gasteiger partial charge < -0.3 is 10.6 Å². The highest BCUT2D eigenvalue weighted by Gasteiger charge is 2.10. The highest BCUT2D eigenvalue weighted by atomic mass is 15.1. The van der Waals surface area contributed by atoms with Gasteiger partial charge in [-0.2, -0.15) is 0 Å². The van der Waals surface area contributed by atoms with Crippen LogP contribution in [0.25, 0.3) is 0 Å². The number of para-hydroxylation sites is 1. The lowest BCUT2D eigenvalue weighted by molar-refractivity contribution is 1.08. The van der Waals surface area contributed by atoms with Gasteiger partial charge in [0.1, 0.15) is 0 Å². The van der Waals surface area contributed by atoms with Crippen LogP contribution in [0.15, 0.2) is 42.5 Å². The van der Waals surface area contributed by atoms with Crippen molar-refractivity contribution in [1.29, 1.82) is 0 Å². The summed E-state index contributed by atoms with van der Waals surface area (Å²) in [6, 6.07) is 14.4. The van der Waals surface area contributed by atoms with Crippen molar-refractivity contribution in [2.24, 2.45) is 0 Å². The summed E-state index contributed by atoms with van der Waals surface area (Å²) in [5, 5.41) is 0. The summed E-state index contributed by atoms with van der Waals surface area (Å²) in [4.78, 5) is 2.21. The number of anilines is 3. The Morgan fingerprint density at radius 2 is 1.83 bits per heavy atom. The van der Waals surface area contributed by atoms with Gasteiger partial charge in [0.2, 0.25) is 0 Å². The molecule has 2 N–H and O–H groups in total. The van der Waals surface area contributed by atoms with E-state index < -0.39 is 0 Å². The molecule has 0 fully saturated rings. The second kappa shape index (κ2) is 5.13. The van der Waals surface area contributed by atoms with Crippen LogP contribution in [-0.2, 0) is 6.42 Å². The van der Waals surface area contributed by atoms with Crippen molar-refractivity contribution < 1.29 is 0 Å². The highest BCUT2D eigenvalue weighted by Crippen LogP contribution is 2.31. The van der Waals surface area contributed by atoms with Gasteiger partial charge in [0, 0.05) is 24.1 Å². The minimum atomic E-state index is 0.797. The van der Waals surface area contributed by atoms with E-state index >= 15 is 0 Å². The molecule has 0 atom stereocenters. The lowest BCUT2D eigenvalue weighted by Gasteiger charge is -2.24. The Morgan fingerprint density at radius 3 is 2.50 bits per heavy atom. The Balaban J connectivity index is 2.48. The molecule has 0 saturated carbocycles. The van der Waals surface area contributed by atoms with Gasteiger partial charge in [-0.05, 0) is 42.7 Å². The first-order chi connectivity index (χ1) is 8.63. The number of nitrogens with zero attached hydrogens (tertiary/aromatic N) is 1.